The number of aromatic nitrogens is 4. The monoisotopic (exact) mass is 558 g/mol. The molecular formula is C21H24F2N6O4S3. The van der Waals surface area contributed by atoms with Gasteiger partial charge in [0.05, 0.1) is 23.4 Å². The lowest BCUT2D eigenvalue weighted by Gasteiger charge is -2.47. The summed E-state index contributed by atoms with van der Waals surface area (Å²) in [4.78, 5) is 6.54. The van der Waals surface area contributed by atoms with Crippen LogP contribution in [0.4, 0.5) is 14.5 Å². The minimum absolute atomic E-state index is 0.0301. The second-order valence-corrected chi connectivity index (χ2v) is 15.1. The summed E-state index contributed by atoms with van der Waals surface area (Å²) in [6.07, 6.45) is 2.99. The van der Waals surface area contributed by atoms with Crippen LogP contribution in [0.1, 0.15) is 44.0 Å². The van der Waals surface area contributed by atoms with Crippen molar-refractivity contribution in [3.05, 3.63) is 23.5 Å². The molecule has 15 heteroatoms. The summed E-state index contributed by atoms with van der Waals surface area (Å²) in [5.41, 5.74) is 0.720. The van der Waals surface area contributed by atoms with Crippen molar-refractivity contribution < 1.29 is 25.6 Å². The Hall–Kier alpha value is -2.23. The van der Waals surface area contributed by atoms with Gasteiger partial charge in [-0.1, -0.05) is 11.3 Å². The second kappa shape index (κ2) is 7.88. The topological polar surface area (TPSA) is 127 Å². The zero-order valence-corrected chi connectivity index (χ0v) is 21.8. The van der Waals surface area contributed by atoms with Gasteiger partial charge in [0.2, 0.25) is 10.0 Å². The highest BCUT2D eigenvalue weighted by Crippen LogP contribution is 2.44. The number of sulfonamides is 1. The van der Waals surface area contributed by atoms with Gasteiger partial charge in [0.1, 0.15) is 10.6 Å². The lowest BCUT2D eigenvalue weighted by molar-refractivity contribution is 0.150. The average molecular weight is 559 g/mol. The number of hydrogen-bond donors (Lipinski definition) is 1. The number of pyridine rings is 1. The van der Waals surface area contributed by atoms with E-state index in [2.05, 4.69) is 19.9 Å². The van der Waals surface area contributed by atoms with Crippen LogP contribution in [0.15, 0.2) is 23.4 Å². The predicted molar refractivity (Wildman–Crippen MR) is 130 cm³/mol. The summed E-state index contributed by atoms with van der Waals surface area (Å²) >= 11 is 0.730. The van der Waals surface area contributed by atoms with E-state index < -0.39 is 36.8 Å². The van der Waals surface area contributed by atoms with E-state index >= 15 is 0 Å². The van der Waals surface area contributed by atoms with E-state index in [-0.39, 0.29) is 26.8 Å². The molecule has 1 spiro atoms. The molecule has 2 aliphatic heterocycles. The summed E-state index contributed by atoms with van der Waals surface area (Å²) in [5, 5.41) is 7.21. The largest absolute Gasteiger partial charge is 0.368 e. The molecule has 1 N–H and O–H groups in total. The fourth-order valence-electron chi connectivity index (χ4n) is 5.08. The number of alkyl halides is 2. The summed E-state index contributed by atoms with van der Waals surface area (Å²) in [6, 6.07) is 1.58. The normalized spacial score (nSPS) is 22.3. The van der Waals surface area contributed by atoms with Gasteiger partial charge in [-0.25, -0.2) is 35.3 Å². The van der Waals surface area contributed by atoms with Crippen LogP contribution in [0.2, 0.25) is 0 Å². The third kappa shape index (κ3) is 4.19. The molecule has 0 amide bonds. The van der Waals surface area contributed by atoms with Crippen molar-refractivity contribution in [3.63, 3.8) is 0 Å². The molecule has 0 atom stereocenters. The first kappa shape index (κ1) is 24.1. The summed E-state index contributed by atoms with van der Waals surface area (Å²) in [5.74, 6) is 0.383. The summed E-state index contributed by atoms with van der Waals surface area (Å²) < 4.78 is 80.7. The van der Waals surface area contributed by atoms with E-state index in [1.165, 1.54) is 12.4 Å². The SMILES string of the molecule is CC1(NS(=O)(=O)c2cc(N3CCC4(CC3)CS(=O)(=O)C4)c3ncc(-c4nnc(C(F)F)s4)n3c2)CC1. The molecule has 1 saturated carbocycles. The Kier molecular flexibility index (Phi) is 5.28. The highest BCUT2D eigenvalue weighted by molar-refractivity contribution is 7.92. The van der Waals surface area contributed by atoms with Gasteiger partial charge in [0.15, 0.2) is 25.5 Å². The number of fused-ring (bicyclic) bond motifs is 1. The van der Waals surface area contributed by atoms with Crippen LogP contribution < -0.4 is 9.62 Å². The number of sulfone groups is 1. The molecule has 3 aromatic heterocycles. The molecule has 2 saturated heterocycles. The van der Waals surface area contributed by atoms with Crippen molar-refractivity contribution in [2.24, 2.45) is 5.41 Å². The zero-order valence-electron chi connectivity index (χ0n) is 19.3. The quantitative estimate of drug-likeness (QED) is 0.489. The number of halogens is 2. The lowest BCUT2D eigenvalue weighted by atomic mass is 9.81. The number of piperidine rings is 1. The van der Waals surface area contributed by atoms with E-state index in [1.54, 1.807) is 10.5 Å². The van der Waals surface area contributed by atoms with Crippen molar-refractivity contribution in [1.29, 1.82) is 0 Å². The Morgan fingerprint density at radius 1 is 1.14 bits per heavy atom. The highest BCUT2D eigenvalue weighted by Gasteiger charge is 2.50. The molecule has 3 fully saturated rings. The number of rotatable bonds is 6. The van der Waals surface area contributed by atoms with Gasteiger partial charge in [0.25, 0.3) is 6.43 Å². The number of nitrogens with zero attached hydrogens (tertiary/aromatic N) is 5. The molecule has 0 unspecified atom stereocenters. The second-order valence-electron chi connectivity index (χ2n) is 10.3. The Morgan fingerprint density at radius 2 is 1.83 bits per heavy atom. The number of hydrogen-bond acceptors (Lipinski definition) is 9. The molecule has 1 aliphatic carbocycles. The molecule has 3 aromatic rings. The fraction of sp³-hybridized carbons (Fsp3) is 0.571. The summed E-state index contributed by atoms with van der Waals surface area (Å²) in [6.45, 7) is 2.95. The molecule has 0 bridgehead atoms. The fourth-order valence-corrected chi connectivity index (χ4v) is 9.63. The van der Waals surface area contributed by atoms with Crippen LogP contribution in [-0.4, -0.2) is 66.6 Å². The Balaban J connectivity index is 1.42. The first-order valence-electron chi connectivity index (χ1n) is 11.5. The van der Waals surface area contributed by atoms with Gasteiger partial charge < -0.3 is 4.90 Å². The number of anilines is 1. The van der Waals surface area contributed by atoms with Crippen LogP contribution in [0.25, 0.3) is 16.3 Å². The van der Waals surface area contributed by atoms with Crippen molar-refractivity contribution in [2.75, 3.05) is 29.5 Å². The lowest BCUT2D eigenvalue weighted by Crippen LogP contribution is -2.54. The molecule has 194 valence electrons. The van der Waals surface area contributed by atoms with Gasteiger partial charge in [0, 0.05) is 30.2 Å². The molecular weight excluding hydrogens is 534 g/mol. The smallest absolute Gasteiger partial charge is 0.291 e. The molecule has 0 radical (unpaired) electrons. The van der Waals surface area contributed by atoms with Crippen LogP contribution in [0.5, 0.6) is 0 Å². The van der Waals surface area contributed by atoms with Crippen LogP contribution in [0, 0.1) is 5.41 Å². The minimum Gasteiger partial charge on any atom is -0.368 e. The third-order valence-electron chi connectivity index (χ3n) is 7.32. The zero-order chi connectivity index (χ0) is 25.5. The highest BCUT2D eigenvalue weighted by atomic mass is 32.2. The summed E-state index contributed by atoms with van der Waals surface area (Å²) in [7, 11) is -6.85. The number of nitrogens with one attached hydrogen (secondary N) is 1. The Labute approximate surface area is 210 Å². The van der Waals surface area contributed by atoms with Crippen LogP contribution in [-0.2, 0) is 19.9 Å². The first-order chi connectivity index (χ1) is 16.9. The maximum Gasteiger partial charge on any atom is 0.291 e. The molecule has 36 heavy (non-hydrogen) atoms. The van der Waals surface area contributed by atoms with E-state index in [9.17, 15) is 25.6 Å². The Bertz CT molecular complexity index is 1560. The van der Waals surface area contributed by atoms with Crippen molar-refractivity contribution >= 4 is 42.5 Å². The van der Waals surface area contributed by atoms with E-state index in [0.717, 1.165) is 24.2 Å². The maximum absolute atomic E-state index is 13.3. The molecule has 10 nitrogen and oxygen atoms in total. The van der Waals surface area contributed by atoms with E-state index in [0.29, 0.717) is 43.0 Å². The molecule has 5 heterocycles. The Morgan fingerprint density at radius 3 is 2.42 bits per heavy atom. The minimum atomic E-state index is -3.88. The average Bonchev–Trinajstić information content (AvgIpc) is 3.16. The molecule has 3 aliphatic rings. The number of imidazole rings is 1. The van der Waals surface area contributed by atoms with Gasteiger partial charge in [-0.15, -0.1) is 10.2 Å². The molecule has 0 aromatic carbocycles. The van der Waals surface area contributed by atoms with Crippen molar-refractivity contribution in [3.8, 4) is 10.7 Å². The van der Waals surface area contributed by atoms with Crippen LogP contribution in [0.3, 0.4) is 0 Å². The van der Waals surface area contributed by atoms with Gasteiger partial charge in [-0.05, 0) is 38.7 Å². The molecule has 6 rings (SSSR count). The van der Waals surface area contributed by atoms with Crippen LogP contribution >= 0.6 is 11.3 Å². The first-order valence-corrected chi connectivity index (χ1v) is 15.6. The van der Waals surface area contributed by atoms with Gasteiger partial charge >= 0.3 is 0 Å². The third-order valence-corrected chi connectivity index (χ3v) is 12.0. The van der Waals surface area contributed by atoms with Gasteiger partial charge in [-0.3, -0.25) is 4.40 Å². The predicted octanol–water partition coefficient (Wildman–Crippen LogP) is 2.64. The maximum atomic E-state index is 13.3. The van der Waals surface area contributed by atoms with Crippen molar-refractivity contribution in [2.45, 2.75) is 49.5 Å². The van der Waals surface area contributed by atoms with E-state index in [1.807, 2.05) is 11.8 Å². The van der Waals surface area contributed by atoms with Crippen molar-refractivity contribution in [1.82, 2.24) is 24.3 Å². The van der Waals surface area contributed by atoms with Gasteiger partial charge in [-0.2, -0.15) is 0 Å². The van der Waals surface area contributed by atoms with E-state index in [4.69, 9.17) is 0 Å². The standard InChI is InChI=1S/C21H24F2N6O4S3/c1-20(2-3-20)27-36(32,33)13-8-14(28-6-4-21(5-7-28)11-35(30,31)12-21)17-24-9-15(29(17)10-13)18-25-26-19(34-18)16(22)23/h8-10,16,27H,2-7,11-12H2,1H3.